The minimum absolute atomic E-state index is 0. The number of benzene rings is 1. The molecule has 3 N–H and O–H groups in total. The maximum absolute atomic E-state index is 11.8. The minimum atomic E-state index is -0.799. The van der Waals surface area contributed by atoms with Gasteiger partial charge in [0.2, 0.25) is 5.91 Å². The van der Waals surface area contributed by atoms with Gasteiger partial charge in [-0.1, -0.05) is 22.0 Å². The molecule has 1 aromatic carbocycles. The first kappa shape index (κ1) is 15.4. The summed E-state index contributed by atoms with van der Waals surface area (Å²) >= 11 is 3.44. The molecule has 1 unspecified atom stereocenters. The van der Waals surface area contributed by atoms with E-state index in [9.17, 15) is 4.79 Å². The Bertz CT molecular complexity index is 442. The summed E-state index contributed by atoms with van der Waals surface area (Å²) in [6.07, 6.45) is 0.832. The Balaban J connectivity index is 0.00000162. The standard InChI is InChI=1S/C12H15BrN2O2.ClH/c13-10-2-1-9-6-15(4-3-8(9)5-10)12(17)11(14)7-16;/h1-2,5,11,16H,3-4,6-7,14H2;1H. The van der Waals surface area contributed by atoms with Crippen molar-refractivity contribution in [3.63, 3.8) is 0 Å². The Morgan fingerprint density at radius 1 is 1.50 bits per heavy atom. The third-order valence-corrected chi connectivity index (χ3v) is 3.50. The second-order valence-corrected chi connectivity index (χ2v) is 5.13. The molecule has 0 radical (unpaired) electrons. The molecule has 0 bridgehead atoms. The number of halogens is 2. The van der Waals surface area contributed by atoms with Crippen molar-refractivity contribution < 1.29 is 9.90 Å². The van der Waals surface area contributed by atoms with E-state index in [4.69, 9.17) is 10.8 Å². The van der Waals surface area contributed by atoms with E-state index in [1.165, 1.54) is 5.56 Å². The molecule has 2 rings (SSSR count). The van der Waals surface area contributed by atoms with Gasteiger partial charge in [0.25, 0.3) is 0 Å². The quantitative estimate of drug-likeness (QED) is 0.850. The Morgan fingerprint density at radius 3 is 2.89 bits per heavy atom. The van der Waals surface area contributed by atoms with Gasteiger partial charge in [-0.05, 0) is 29.7 Å². The molecule has 0 fully saturated rings. The van der Waals surface area contributed by atoms with Gasteiger partial charge in [-0.3, -0.25) is 4.79 Å². The lowest BCUT2D eigenvalue weighted by molar-refractivity contribution is -0.134. The molecule has 0 saturated heterocycles. The molecule has 18 heavy (non-hydrogen) atoms. The van der Waals surface area contributed by atoms with Gasteiger partial charge < -0.3 is 15.7 Å². The molecule has 4 nitrogen and oxygen atoms in total. The van der Waals surface area contributed by atoms with Crippen LogP contribution >= 0.6 is 28.3 Å². The second kappa shape index (κ2) is 6.52. The summed E-state index contributed by atoms with van der Waals surface area (Å²) < 4.78 is 1.06. The summed E-state index contributed by atoms with van der Waals surface area (Å²) in [5, 5.41) is 8.89. The van der Waals surface area contributed by atoms with E-state index in [2.05, 4.69) is 22.0 Å². The first-order chi connectivity index (χ1) is 8.11. The number of carbonyl (C=O) groups excluding carboxylic acids is 1. The van der Waals surface area contributed by atoms with Crippen molar-refractivity contribution in [2.24, 2.45) is 5.73 Å². The highest BCUT2D eigenvalue weighted by molar-refractivity contribution is 9.10. The summed E-state index contributed by atoms with van der Waals surface area (Å²) in [6, 6.07) is 5.28. The number of hydrogen-bond donors (Lipinski definition) is 2. The molecular formula is C12H16BrClN2O2. The first-order valence-corrected chi connectivity index (χ1v) is 6.33. The first-order valence-electron chi connectivity index (χ1n) is 5.54. The molecular weight excluding hydrogens is 320 g/mol. The highest BCUT2D eigenvalue weighted by atomic mass is 79.9. The Labute approximate surface area is 121 Å². The van der Waals surface area contributed by atoms with E-state index in [-0.39, 0.29) is 24.9 Å². The zero-order valence-corrected chi connectivity index (χ0v) is 12.2. The van der Waals surface area contributed by atoms with E-state index in [0.29, 0.717) is 13.1 Å². The molecule has 0 saturated carbocycles. The predicted octanol–water partition coefficient (Wildman–Crippen LogP) is 1.08. The molecule has 1 amide bonds. The molecule has 0 spiro atoms. The average molecular weight is 336 g/mol. The van der Waals surface area contributed by atoms with Gasteiger partial charge in [0.05, 0.1) is 6.61 Å². The van der Waals surface area contributed by atoms with E-state index in [1.807, 2.05) is 12.1 Å². The molecule has 0 aliphatic carbocycles. The predicted molar refractivity (Wildman–Crippen MR) is 75.6 cm³/mol. The zero-order valence-electron chi connectivity index (χ0n) is 9.80. The minimum Gasteiger partial charge on any atom is -0.394 e. The zero-order chi connectivity index (χ0) is 12.4. The molecule has 100 valence electrons. The second-order valence-electron chi connectivity index (χ2n) is 4.21. The lowest BCUT2D eigenvalue weighted by Crippen LogP contribution is -2.47. The molecule has 1 aliphatic heterocycles. The largest absolute Gasteiger partial charge is 0.394 e. The fraction of sp³-hybridized carbons (Fsp3) is 0.417. The third kappa shape index (κ3) is 3.23. The lowest BCUT2D eigenvalue weighted by Gasteiger charge is -2.30. The van der Waals surface area contributed by atoms with E-state index >= 15 is 0 Å². The SMILES string of the molecule is Cl.NC(CO)C(=O)N1CCc2cc(Br)ccc2C1. The van der Waals surface area contributed by atoms with Crippen molar-refractivity contribution in [3.8, 4) is 0 Å². The highest BCUT2D eigenvalue weighted by Crippen LogP contribution is 2.23. The Kier molecular flexibility index (Phi) is 5.59. The molecule has 1 heterocycles. The number of aliphatic hydroxyl groups is 1. The third-order valence-electron chi connectivity index (χ3n) is 3.01. The van der Waals surface area contributed by atoms with Crippen LogP contribution in [-0.2, 0) is 17.8 Å². The number of nitrogens with zero attached hydrogens (tertiary/aromatic N) is 1. The van der Waals surface area contributed by atoms with Gasteiger partial charge >= 0.3 is 0 Å². The van der Waals surface area contributed by atoms with Crippen molar-refractivity contribution >= 4 is 34.2 Å². The van der Waals surface area contributed by atoms with E-state index in [1.54, 1.807) is 4.90 Å². The smallest absolute Gasteiger partial charge is 0.242 e. The van der Waals surface area contributed by atoms with Crippen LogP contribution in [-0.4, -0.2) is 35.1 Å². The maximum atomic E-state index is 11.8. The van der Waals surface area contributed by atoms with Gasteiger partial charge in [0, 0.05) is 17.6 Å². The van der Waals surface area contributed by atoms with Crippen molar-refractivity contribution in [3.05, 3.63) is 33.8 Å². The van der Waals surface area contributed by atoms with Crippen molar-refractivity contribution in [1.29, 1.82) is 0 Å². The van der Waals surface area contributed by atoms with E-state index < -0.39 is 6.04 Å². The Morgan fingerprint density at radius 2 is 2.22 bits per heavy atom. The molecule has 1 atom stereocenters. The summed E-state index contributed by atoms with van der Waals surface area (Å²) in [7, 11) is 0. The number of carbonyl (C=O) groups is 1. The van der Waals surface area contributed by atoms with Gasteiger partial charge in [0.1, 0.15) is 6.04 Å². The fourth-order valence-corrected chi connectivity index (χ4v) is 2.43. The van der Waals surface area contributed by atoms with Gasteiger partial charge in [-0.25, -0.2) is 0 Å². The fourth-order valence-electron chi connectivity index (χ4n) is 2.02. The summed E-state index contributed by atoms with van der Waals surface area (Å²) in [4.78, 5) is 13.5. The lowest BCUT2D eigenvalue weighted by atomic mass is 9.99. The van der Waals surface area contributed by atoms with Crippen LogP contribution in [0.25, 0.3) is 0 Å². The molecule has 6 heteroatoms. The molecule has 0 aromatic heterocycles. The topological polar surface area (TPSA) is 66.6 Å². The van der Waals surface area contributed by atoms with E-state index in [0.717, 1.165) is 16.5 Å². The number of rotatable bonds is 2. The summed E-state index contributed by atoms with van der Waals surface area (Å²) in [6.45, 7) is 0.938. The molecule has 1 aromatic rings. The van der Waals surface area contributed by atoms with Crippen LogP contribution in [0.5, 0.6) is 0 Å². The van der Waals surface area contributed by atoms with Crippen LogP contribution in [0.2, 0.25) is 0 Å². The number of aliphatic hydroxyl groups excluding tert-OH is 1. The van der Waals surface area contributed by atoms with Crippen LogP contribution in [0.3, 0.4) is 0 Å². The molecule has 1 aliphatic rings. The van der Waals surface area contributed by atoms with Crippen LogP contribution in [0.15, 0.2) is 22.7 Å². The summed E-state index contributed by atoms with van der Waals surface area (Å²) in [5.74, 6) is -0.180. The number of amides is 1. The van der Waals surface area contributed by atoms with Crippen molar-refractivity contribution in [1.82, 2.24) is 4.90 Å². The van der Waals surface area contributed by atoms with Gasteiger partial charge in [0.15, 0.2) is 0 Å². The van der Waals surface area contributed by atoms with Crippen LogP contribution in [0.1, 0.15) is 11.1 Å². The van der Waals surface area contributed by atoms with Crippen molar-refractivity contribution in [2.75, 3.05) is 13.2 Å². The number of hydrogen-bond acceptors (Lipinski definition) is 3. The number of nitrogens with two attached hydrogens (primary N) is 1. The number of fused-ring (bicyclic) bond motifs is 1. The van der Waals surface area contributed by atoms with Crippen molar-refractivity contribution in [2.45, 2.75) is 19.0 Å². The Hall–Kier alpha value is -0.620. The summed E-state index contributed by atoms with van der Waals surface area (Å²) in [5.41, 5.74) is 7.96. The van der Waals surface area contributed by atoms with Crippen LogP contribution < -0.4 is 5.73 Å². The van der Waals surface area contributed by atoms with Crippen LogP contribution in [0.4, 0.5) is 0 Å². The maximum Gasteiger partial charge on any atom is 0.242 e. The van der Waals surface area contributed by atoms with Gasteiger partial charge in [-0.2, -0.15) is 0 Å². The average Bonchev–Trinajstić information content (AvgIpc) is 2.36. The van der Waals surface area contributed by atoms with Crippen LogP contribution in [0, 0.1) is 0 Å². The normalized spacial score (nSPS) is 15.6. The monoisotopic (exact) mass is 334 g/mol. The highest BCUT2D eigenvalue weighted by Gasteiger charge is 2.24. The van der Waals surface area contributed by atoms with Gasteiger partial charge in [-0.15, -0.1) is 12.4 Å².